The van der Waals surface area contributed by atoms with Gasteiger partial charge < -0.3 is 46.3 Å². The van der Waals surface area contributed by atoms with Crippen LogP contribution in [0.3, 0.4) is 0 Å². The molecule has 19 heteroatoms. The Kier molecular flexibility index (Phi) is 14.9. The molecule has 0 spiro atoms. The fraction of sp³-hybridized carbons (Fsp3) is 0.400. The maximum absolute atomic E-state index is 14.5. The van der Waals surface area contributed by atoms with Gasteiger partial charge in [0.15, 0.2) is 0 Å². The number of hydrogen-bond donors (Lipinski definition) is 7. The van der Waals surface area contributed by atoms with Crippen LogP contribution in [-0.2, 0) is 36.8 Å². The van der Waals surface area contributed by atoms with E-state index in [-0.39, 0.29) is 43.2 Å². The fourth-order valence-electron chi connectivity index (χ4n) is 7.45. The summed E-state index contributed by atoms with van der Waals surface area (Å²) in [5.74, 6) is -4.29. The lowest BCUT2D eigenvalue weighted by molar-refractivity contribution is -0.135. The average molecular weight is 878 g/mol. The second kappa shape index (κ2) is 20.7. The van der Waals surface area contributed by atoms with Gasteiger partial charge in [-0.1, -0.05) is 58.0 Å². The van der Waals surface area contributed by atoms with Gasteiger partial charge in [-0.05, 0) is 83.1 Å². The number of amides is 6. The summed E-state index contributed by atoms with van der Waals surface area (Å²) in [7, 11) is 1.53. The van der Waals surface area contributed by atoms with Gasteiger partial charge in [-0.3, -0.25) is 28.8 Å². The van der Waals surface area contributed by atoms with Crippen molar-refractivity contribution in [2.24, 2.45) is 11.8 Å². The van der Waals surface area contributed by atoms with E-state index in [4.69, 9.17) is 4.74 Å². The van der Waals surface area contributed by atoms with Gasteiger partial charge in [-0.2, -0.15) is 0 Å². The van der Waals surface area contributed by atoms with E-state index in [1.165, 1.54) is 48.1 Å². The fourth-order valence-corrected chi connectivity index (χ4v) is 7.45. The number of carbonyl (C=O) groups is 6. The molecule has 0 saturated carbocycles. The van der Waals surface area contributed by atoms with Gasteiger partial charge in [-0.25, -0.2) is 4.68 Å². The minimum Gasteiger partial charge on any atom is -0.507 e. The Bertz CT molecular complexity index is 2450. The number of para-hydroxylation sites is 1. The van der Waals surface area contributed by atoms with Crippen molar-refractivity contribution in [1.82, 2.24) is 56.7 Å². The highest BCUT2D eigenvalue weighted by Gasteiger charge is 2.34. The quantitative estimate of drug-likeness (QED) is 0.107. The predicted molar refractivity (Wildman–Crippen MR) is 235 cm³/mol. The smallest absolute Gasteiger partial charge is 0.258 e. The SMILES string of the molecule is COc1ccc(C[C@@H]2NC(=O)[C@H](CC(C)C)NC(=O)[C@@H](Cc3c[nH]c4ccccc34)NC(=O)CN(C(=O)c3cc(-n4cnnn4)ccc3O)C[C@H](C(C)C)NC(=O)[C@@H](C)NC2=O)cc1. The number of phenolic OH excluding ortho intramolecular Hbond substituents is 1. The highest BCUT2D eigenvalue weighted by molar-refractivity contribution is 6.00. The van der Waals surface area contributed by atoms with Crippen LogP contribution >= 0.6 is 0 Å². The van der Waals surface area contributed by atoms with E-state index in [1.807, 2.05) is 52.0 Å². The topological polar surface area (TPSA) is 255 Å². The van der Waals surface area contributed by atoms with Crippen molar-refractivity contribution in [3.05, 3.63) is 95.9 Å². The van der Waals surface area contributed by atoms with Crippen LogP contribution in [0.1, 0.15) is 62.5 Å². The number of nitrogens with zero attached hydrogens (tertiary/aromatic N) is 5. The molecule has 6 amide bonds. The predicted octanol–water partition coefficient (Wildman–Crippen LogP) is 1.95. The summed E-state index contributed by atoms with van der Waals surface area (Å²) in [6.07, 6.45) is 3.25. The molecular weight excluding hydrogens is 823 g/mol. The number of aromatic nitrogens is 5. The Morgan fingerprint density at radius 1 is 0.828 bits per heavy atom. The van der Waals surface area contributed by atoms with Gasteiger partial charge >= 0.3 is 0 Å². The molecule has 338 valence electrons. The van der Waals surface area contributed by atoms with Crippen molar-refractivity contribution in [1.29, 1.82) is 0 Å². The molecule has 0 unspecified atom stereocenters. The first kappa shape index (κ1) is 46.2. The van der Waals surface area contributed by atoms with E-state index in [2.05, 4.69) is 47.1 Å². The Balaban J connectivity index is 1.40. The third kappa shape index (κ3) is 11.6. The Morgan fingerprint density at radius 3 is 2.20 bits per heavy atom. The van der Waals surface area contributed by atoms with E-state index < -0.39 is 77.9 Å². The first-order valence-electron chi connectivity index (χ1n) is 21.1. The summed E-state index contributed by atoms with van der Waals surface area (Å²) in [6.45, 7) is 8.04. The first-order valence-corrected chi connectivity index (χ1v) is 21.1. The van der Waals surface area contributed by atoms with E-state index >= 15 is 0 Å². The van der Waals surface area contributed by atoms with Gasteiger partial charge in [0, 0.05) is 42.5 Å². The lowest BCUT2D eigenvalue weighted by Gasteiger charge is -2.32. The molecular formula is C45H55N11O8. The highest BCUT2D eigenvalue weighted by atomic mass is 16.5. The number of ether oxygens (including phenoxy) is 1. The molecule has 2 aromatic heterocycles. The van der Waals surface area contributed by atoms with E-state index in [1.54, 1.807) is 30.5 Å². The number of carbonyl (C=O) groups excluding carboxylic acids is 6. The molecule has 1 fully saturated rings. The second-order valence-corrected chi connectivity index (χ2v) is 16.7. The third-order valence-corrected chi connectivity index (χ3v) is 11.1. The summed E-state index contributed by atoms with van der Waals surface area (Å²) >= 11 is 0. The number of methoxy groups -OCH3 is 1. The molecule has 6 rings (SSSR count). The van der Waals surface area contributed by atoms with Crippen LogP contribution in [0.4, 0.5) is 0 Å². The summed E-state index contributed by atoms with van der Waals surface area (Å²) < 4.78 is 6.58. The number of aromatic amines is 1. The lowest BCUT2D eigenvalue weighted by Crippen LogP contribution is -2.60. The normalized spacial score (nSPS) is 20.8. The van der Waals surface area contributed by atoms with Crippen LogP contribution in [0.5, 0.6) is 11.5 Å². The Hall–Kier alpha value is -7.31. The van der Waals surface area contributed by atoms with E-state index in [9.17, 15) is 33.9 Å². The van der Waals surface area contributed by atoms with Crippen LogP contribution in [0.15, 0.2) is 79.3 Å². The number of phenols is 1. The zero-order valence-corrected chi connectivity index (χ0v) is 36.6. The van der Waals surface area contributed by atoms with Crippen molar-refractivity contribution in [2.75, 3.05) is 20.2 Å². The maximum Gasteiger partial charge on any atom is 0.258 e. The number of tetrazole rings is 1. The molecule has 1 aliphatic heterocycles. The molecule has 5 atom stereocenters. The Morgan fingerprint density at radius 2 is 1.52 bits per heavy atom. The number of H-pyrrole nitrogens is 1. The van der Waals surface area contributed by atoms with Gasteiger partial charge in [0.1, 0.15) is 42.0 Å². The van der Waals surface area contributed by atoms with Crippen LogP contribution in [0, 0.1) is 11.8 Å². The number of benzene rings is 3. The molecule has 3 heterocycles. The molecule has 1 saturated heterocycles. The molecule has 19 nitrogen and oxygen atoms in total. The van der Waals surface area contributed by atoms with Crippen LogP contribution < -0.4 is 31.3 Å². The molecule has 64 heavy (non-hydrogen) atoms. The van der Waals surface area contributed by atoms with E-state index in [0.717, 1.165) is 10.9 Å². The number of fused-ring (bicyclic) bond motifs is 1. The zero-order chi connectivity index (χ0) is 46.1. The largest absolute Gasteiger partial charge is 0.507 e. The average Bonchev–Trinajstić information content (AvgIpc) is 3.96. The number of rotatable bonds is 10. The van der Waals surface area contributed by atoms with Crippen LogP contribution in [0.2, 0.25) is 0 Å². The van der Waals surface area contributed by atoms with Gasteiger partial charge in [0.2, 0.25) is 29.5 Å². The van der Waals surface area contributed by atoms with Crippen molar-refractivity contribution in [2.45, 2.75) is 84.1 Å². The summed E-state index contributed by atoms with van der Waals surface area (Å²) in [5.41, 5.74) is 2.35. The van der Waals surface area contributed by atoms with Crippen LogP contribution in [0.25, 0.3) is 16.6 Å². The maximum atomic E-state index is 14.5. The number of nitrogens with one attached hydrogen (secondary N) is 6. The minimum absolute atomic E-state index is 0.00854. The first-order chi connectivity index (χ1) is 30.6. The van der Waals surface area contributed by atoms with Crippen molar-refractivity contribution in [3.63, 3.8) is 0 Å². The van der Waals surface area contributed by atoms with Crippen molar-refractivity contribution >= 4 is 46.3 Å². The minimum atomic E-state index is -1.26. The summed E-state index contributed by atoms with van der Waals surface area (Å²) in [4.78, 5) is 90.0. The van der Waals surface area contributed by atoms with Gasteiger partial charge in [-0.15, -0.1) is 5.10 Å². The summed E-state index contributed by atoms with van der Waals surface area (Å²) in [5, 5.41) is 37.1. The monoisotopic (exact) mass is 877 g/mol. The molecule has 0 bridgehead atoms. The van der Waals surface area contributed by atoms with Crippen molar-refractivity contribution in [3.8, 4) is 17.2 Å². The zero-order valence-electron chi connectivity index (χ0n) is 36.6. The number of aromatic hydroxyl groups is 1. The molecule has 1 aliphatic rings. The third-order valence-electron chi connectivity index (χ3n) is 11.1. The Labute approximate surface area is 370 Å². The van der Waals surface area contributed by atoms with Gasteiger partial charge in [0.25, 0.3) is 5.91 Å². The molecule has 3 aromatic carbocycles. The summed E-state index contributed by atoms with van der Waals surface area (Å²) in [6, 6.07) is 13.1. The van der Waals surface area contributed by atoms with Crippen molar-refractivity contribution < 1.29 is 38.6 Å². The standard InChI is InChI=1S/C45H55N11O8/c1-25(2)17-35-43(61)51-36(18-28-11-14-31(64-6)15-12-28)42(60)48-27(5)41(59)52-38(26(3)4)22-55(45(63)33-20-30(13-16-39(33)57)56-24-47-53-54-56)23-40(58)49-37(44(62)50-35)19-29-21-46-34-10-8-7-9-32(29)34/h7-16,20-21,24-27,35-38,46,57H,17-19,22-23H2,1-6H3,(H,48,60)(H,49,58)(H,50,62)(H,51,61)(H,52,59)/t27-,35+,36+,37-,38-/m1/s1. The highest BCUT2D eigenvalue weighted by Crippen LogP contribution is 2.24. The second-order valence-electron chi connectivity index (χ2n) is 16.7. The molecule has 7 N–H and O–H groups in total. The van der Waals surface area contributed by atoms with Crippen LogP contribution in [-0.4, -0.2) is 121 Å². The van der Waals surface area contributed by atoms with E-state index in [0.29, 0.717) is 22.6 Å². The molecule has 0 aliphatic carbocycles. The number of hydrogen-bond acceptors (Lipinski definition) is 11. The lowest BCUT2D eigenvalue weighted by atomic mass is 9.99. The molecule has 0 radical (unpaired) electrons. The van der Waals surface area contributed by atoms with Gasteiger partial charge in [0.05, 0.1) is 24.9 Å². The molecule has 5 aromatic rings.